The van der Waals surface area contributed by atoms with E-state index in [4.69, 9.17) is 9.47 Å². The Morgan fingerprint density at radius 1 is 1.25 bits per heavy atom. The number of fused-ring (bicyclic) bond motifs is 1. The highest BCUT2D eigenvalue weighted by Gasteiger charge is 2.24. The number of nitro benzene ring substituents is 1. The summed E-state index contributed by atoms with van der Waals surface area (Å²) in [7, 11) is 0. The van der Waals surface area contributed by atoms with Crippen LogP contribution < -0.4 is 4.74 Å². The van der Waals surface area contributed by atoms with E-state index in [0.29, 0.717) is 18.8 Å². The van der Waals surface area contributed by atoms with Gasteiger partial charge in [-0.2, -0.15) is 5.10 Å². The Bertz CT molecular complexity index is 1150. The maximum atomic E-state index is 12.7. The largest absolute Gasteiger partial charge is 0.480 e. The highest BCUT2D eigenvalue weighted by Crippen LogP contribution is 2.25. The molecule has 4 rings (SSSR count). The quantitative estimate of drug-likeness (QED) is 0.305. The van der Waals surface area contributed by atoms with E-state index in [1.807, 2.05) is 11.4 Å². The van der Waals surface area contributed by atoms with E-state index in [-0.39, 0.29) is 36.3 Å². The molecule has 32 heavy (non-hydrogen) atoms. The number of hydrogen-bond acceptors (Lipinski definition) is 8. The Morgan fingerprint density at radius 2 is 2.03 bits per heavy atom. The Balaban J connectivity index is 1.51. The van der Waals surface area contributed by atoms with Gasteiger partial charge in [0.2, 0.25) is 5.69 Å². The zero-order valence-corrected chi connectivity index (χ0v) is 18.0. The van der Waals surface area contributed by atoms with E-state index in [9.17, 15) is 19.7 Å². The molecule has 0 N–H and O–H groups in total. The lowest BCUT2D eigenvalue weighted by Crippen LogP contribution is -2.38. The van der Waals surface area contributed by atoms with Crippen LogP contribution in [0, 0.1) is 10.1 Å². The topological polar surface area (TPSA) is 117 Å². The summed E-state index contributed by atoms with van der Waals surface area (Å²) in [5.74, 6) is -0.778. The van der Waals surface area contributed by atoms with Gasteiger partial charge >= 0.3 is 5.97 Å². The molecule has 1 aromatic carbocycles. The fourth-order valence-corrected chi connectivity index (χ4v) is 4.25. The van der Waals surface area contributed by atoms with Crippen LogP contribution in [-0.4, -0.2) is 51.2 Å². The van der Waals surface area contributed by atoms with Crippen molar-refractivity contribution in [2.45, 2.75) is 19.9 Å². The third-order valence-corrected chi connectivity index (χ3v) is 6.01. The molecule has 1 amide bonds. The molecule has 0 radical (unpaired) electrons. The van der Waals surface area contributed by atoms with Crippen molar-refractivity contribution in [1.82, 2.24) is 14.7 Å². The molecule has 0 atom stereocenters. The van der Waals surface area contributed by atoms with Crippen molar-refractivity contribution >= 4 is 28.9 Å². The molecule has 0 fully saturated rings. The van der Waals surface area contributed by atoms with Crippen LogP contribution in [0.15, 0.2) is 41.9 Å². The minimum Gasteiger partial charge on any atom is -0.480 e. The Kier molecular flexibility index (Phi) is 6.17. The number of nitrogens with zero attached hydrogens (tertiary/aromatic N) is 4. The van der Waals surface area contributed by atoms with Crippen LogP contribution in [0.4, 0.5) is 5.69 Å². The van der Waals surface area contributed by atoms with Gasteiger partial charge in [-0.25, -0.2) is 9.48 Å². The summed E-state index contributed by atoms with van der Waals surface area (Å²) in [4.78, 5) is 38.4. The number of carbonyl (C=O) groups excluding carboxylic acids is 2. The second-order valence-corrected chi connectivity index (χ2v) is 8.00. The molecule has 166 valence electrons. The second kappa shape index (κ2) is 9.18. The molecule has 2 aromatic heterocycles. The molecule has 3 heterocycles. The van der Waals surface area contributed by atoms with Crippen molar-refractivity contribution in [3.63, 3.8) is 0 Å². The van der Waals surface area contributed by atoms with Crippen molar-refractivity contribution < 1.29 is 24.0 Å². The lowest BCUT2D eigenvalue weighted by molar-refractivity contribution is -0.384. The molecule has 1 aliphatic rings. The molecule has 10 nitrogen and oxygen atoms in total. The average molecular weight is 456 g/mol. The number of ether oxygens (including phenoxy) is 2. The van der Waals surface area contributed by atoms with E-state index in [1.54, 1.807) is 23.2 Å². The van der Waals surface area contributed by atoms with Gasteiger partial charge in [-0.3, -0.25) is 14.9 Å². The number of benzene rings is 1. The zero-order chi connectivity index (χ0) is 22.7. The van der Waals surface area contributed by atoms with Gasteiger partial charge < -0.3 is 14.4 Å². The van der Waals surface area contributed by atoms with Gasteiger partial charge in [0.15, 0.2) is 12.4 Å². The van der Waals surface area contributed by atoms with Crippen LogP contribution in [0.3, 0.4) is 0 Å². The fraction of sp³-hybridized carbons (Fsp3) is 0.286. The van der Waals surface area contributed by atoms with Crippen LogP contribution in [0.25, 0.3) is 5.69 Å². The first kappa shape index (κ1) is 21.5. The highest BCUT2D eigenvalue weighted by molar-refractivity contribution is 7.10. The van der Waals surface area contributed by atoms with Crippen molar-refractivity contribution in [2.75, 3.05) is 19.8 Å². The average Bonchev–Trinajstić information content (AvgIpc) is 3.44. The molecule has 0 unspecified atom stereocenters. The highest BCUT2D eigenvalue weighted by atomic mass is 32.1. The first-order valence-corrected chi connectivity index (χ1v) is 10.8. The first-order valence-electron chi connectivity index (χ1n) is 9.93. The summed E-state index contributed by atoms with van der Waals surface area (Å²) in [6.45, 7) is 2.72. The number of aromatic nitrogens is 2. The molecule has 0 spiro atoms. The summed E-state index contributed by atoms with van der Waals surface area (Å²) in [5.41, 5.74) is 1.50. The van der Waals surface area contributed by atoms with Gasteiger partial charge in [-0.15, -0.1) is 11.3 Å². The number of thiophene rings is 1. The smallest absolute Gasteiger partial charge is 0.362 e. The van der Waals surface area contributed by atoms with Crippen LogP contribution in [-0.2, 0) is 22.5 Å². The van der Waals surface area contributed by atoms with Gasteiger partial charge in [0.05, 0.1) is 23.4 Å². The predicted molar refractivity (Wildman–Crippen MR) is 115 cm³/mol. The standard InChI is InChI=1S/C21H20N4O6S/c1-2-30-21(27)20-17(12-24(22-20)15-3-5-16(6-4-15)25(28)29)31-13-19(26)23-9-7-18-14(11-23)8-10-32-18/h3-6,8,10,12H,2,7,9,11,13H2,1H3. The number of nitro groups is 1. The molecular formula is C21H20N4O6S. The van der Waals surface area contributed by atoms with Crippen molar-refractivity contribution in [2.24, 2.45) is 0 Å². The molecule has 0 aliphatic carbocycles. The molecule has 3 aromatic rings. The molecule has 1 aliphatic heterocycles. The lowest BCUT2D eigenvalue weighted by Gasteiger charge is -2.26. The van der Waals surface area contributed by atoms with Gasteiger partial charge in [-0.1, -0.05) is 0 Å². The molecule has 11 heteroatoms. The van der Waals surface area contributed by atoms with E-state index >= 15 is 0 Å². The SMILES string of the molecule is CCOC(=O)c1nn(-c2ccc([N+](=O)[O-])cc2)cc1OCC(=O)N1CCc2sccc2C1. The van der Waals surface area contributed by atoms with Gasteiger partial charge in [0, 0.05) is 30.1 Å². The number of hydrogen-bond donors (Lipinski definition) is 0. The molecule has 0 bridgehead atoms. The number of non-ortho nitro benzene ring substituents is 1. The van der Waals surface area contributed by atoms with E-state index in [1.165, 1.54) is 40.0 Å². The summed E-state index contributed by atoms with van der Waals surface area (Å²) in [6, 6.07) is 7.69. The normalized spacial score (nSPS) is 12.8. The van der Waals surface area contributed by atoms with Crippen LogP contribution in [0.1, 0.15) is 27.9 Å². The van der Waals surface area contributed by atoms with Crippen molar-refractivity contribution in [3.05, 3.63) is 68.2 Å². The van der Waals surface area contributed by atoms with Crippen LogP contribution >= 0.6 is 11.3 Å². The summed E-state index contributed by atoms with van der Waals surface area (Å²) in [5, 5.41) is 17.1. The number of rotatable bonds is 7. The Labute approximate surface area is 187 Å². The maximum absolute atomic E-state index is 12.7. The molecule has 0 saturated heterocycles. The summed E-state index contributed by atoms with van der Waals surface area (Å²) < 4.78 is 12.1. The summed E-state index contributed by atoms with van der Waals surface area (Å²) >= 11 is 1.69. The zero-order valence-electron chi connectivity index (χ0n) is 17.2. The van der Waals surface area contributed by atoms with E-state index in [2.05, 4.69) is 5.10 Å². The minimum absolute atomic E-state index is 0.0658. The van der Waals surface area contributed by atoms with Crippen LogP contribution in [0.2, 0.25) is 0 Å². The number of esters is 1. The maximum Gasteiger partial charge on any atom is 0.362 e. The van der Waals surface area contributed by atoms with Crippen molar-refractivity contribution in [1.29, 1.82) is 0 Å². The van der Waals surface area contributed by atoms with Gasteiger partial charge in [0.25, 0.3) is 11.6 Å². The fourth-order valence-electron chi connectivity index (χ4n) is 3.36. The van der Waals surface area contributed by atoms with Crippen molar-refractivity contribution in [3.8, 4) is 11.4 Å². The Morgan fingerprint density at radius 3 is 2.75 bits per heavy atom. The van der Waals surface area contributed by atoms with Crippen LogP contribution in [0.5, 0.6) is 5.75 Å². The third-order valence-electron chi connectivity index (χ3n) is 4.99. The lowest BCUT2D eigenvalue weighted by atomic mass is 10.1. The van der Waals surface area contributed by atoms with E-state index < -0.39 is 10.9 Å². The first-order chi connectivity index (χ1) is 15.5. The third kappa shape index (κ3) is 4.47. The predicted octanol–water partition coefficient (Wildman–Crippen LogP) is 2.98. The monoisotopic (exact) mass is 456 g/mol. The molecule has 0 saturated carbocycles. The Hall–Kier alpha value is -3.73. The second-order valence-electron chi connectivity index (χ2n) is 7.00. The van der Waals surface area contributed by atoms with Gasteiger partial charge in [0.1, 0.15) is 0 Å². The summed E-state index contributed by atoms with van der Waals surface area (Å²) in [6.07, 6.45) is 2.26. The minimum atomic E-state index is -0.684. The number of carbonyl (C=O) groups is 2. The van der Waals surface area contributed by atoms with E-state index in [0.717, 1.165) is 12.0 Å². The number of amides is 1. The molecular weight excluding hydrogens is 436 g/mol. The van der Waals surface area contributed by atoms with Gasteiger partial charge in [-0.05, 0) is 42.5 Å².